The SMILES string of the molecule is C=CCOCCCC(=O)NCCNCC.Cl. The Kier molecular flexibility index (Phi) is 16.0. The van der Waals surface area contributed by atoms with Crippen molar-refractivity contribution in [3.63, 3.8) is 0 Å². The number of hydrogen-bond donors (Lipinski definition) is 2. The summed E-state index contributed by atoms with van der Waals surface area (Å²) in [6.07, 6.45) is 3.00. The molecule has 2 N–H and O–H groups in total. The van der Waals surface area contributed by atoms with Gasteiger partial charge < -0.3 is 15.4 Å². The minimum absolute atomic E-state index is 0. The first-order valence-corrected chi connectivity index (χ1v) is 5.47. The van der Waals surface area contributed by atoms with E-state index in [0.717, 1.165) is 19.5 Å². The van der Waals surface area contributed by atoms with Crippen LogP contribution in [-0.2, 0) is 9.53 Å². The second kappa shape index (κ2) is 14.4. The zero-order valence-electron chi connectivity index (χ0n) is 9.96. The van der Waals surface area contributed by atoms with Gasteiger partial charge in [0.1, 0.15) is 0 Å². The van der Waals surface area contributed by atoms with Crippen LogP contribution in [0.4, 0.5) is 0 Å². The van der Waals surface area contributed by atoms with Crippen molar-refractivity contribution in [1.82, 2.24) is 10.6 Å². The van der Waals surface area contributed by atoms with Crippen molar-refractivity contribution in [1.29, 1.82) is 0 Å². The van der Waals surface area contributed by atoms with Crippen LogP contribution in [-0.4, -0.2) is 38.8 Å². The van der Waals surface area contributed by atoms with E-state index >= 15 is 0 Å². The van der Waals surface area contributed by atoms with Gasteiger partial charge in [-0.2, -0.15) is 0 Å². The molecule has 0 radical (unpaired) electrons. The first-order valence-electron chi connectivity index (χ1n) is 5.47. The van der Waals surface area contributed by atoms with Crippen LogP contribution < -0.4 is 10.6 Å². The predicted octanol–water partition coefficient (Wildman–Crippen LogP) is 1.12. The van der Waals surface area contributed by atoms with Gasteiger partial charge in [-0.1, -0.05) is 13.0 Å². The summed E-state index contributed by atoms with van der Waals surface area (Å²) in [6, 6.07) is 0. The Hall–Kier alpha value is -0.580. The summed E-state index contributed by atoms with van der Waals surface area (Å²) < 4.78 is 5.17. The molecule has 96 valence electrons. The lowest BCUT2D eigenvalue weighted by Gasteiger charge is -2.05. The number of nitrogens with one attached hydrogen (secondary N) is 2. The first-order chi connectivity index (χ1) is 7.31. The average Bonchev–Trinajstić information content (AvgIpc) is 2.24. The van der Waals surface area contributed by atoms with E-state index in [1.165, 1.54) is 0 Å². The van der Waals surface area contributed by atoms with Crippen LogP contribution in [0.1, 0.15) is 19.8 Å². The highest BCUT2D eigenvalue weighted by Crippen LogP contribution is 1.90. The molecule has 4 nitrogen and oxygen atoms in total. The Morgan fingerprint density at radius 3 is 2.81 bits per heavy atom. The second-order valence-corrected chi connectivity index (χ2v) is 3.17. The fourth-order valence-electron chi connectivity index (χ4n) is 1.06. The van der Waals surface area contributed by atoms with Gasteiger partial charge in [0.15, 0.2) is 0 Å². The summed E-state index contributed by atoms with van der Waals surface area (Å²) in [6.45, 7) is 9.21. The van der Waals surface area contributed by atoms with E-state index in [2.05, 4.69) is 17.2 Å². The topological polar surface area (TPSA) is 50.4 Å². The number of halogens is 1. The third kappa shape index (κ3) is 13.4. The van der Waals surface area contributed by atoms with Crippen molar-refractivity contribution in [2.75, 3.05) is 32.8 Å². The zero-order valence-corrected chi connectivity index (χ0v) is 10.8. The van der Waals surface area contributed by atoms with Crippen molar-refractivity contribution >= 4 is 18.3 Å². The molecule has 0 saturated carbocycles. The predicted molar refractivity (Wildman–Crippen MR) is 69.1 cm³/mol. The van der Waals surface area contributed by atoms with Crippen LogP contribution >= 0.6 is 12.4 Å². The first kappa shape index (κ1) is 17.8. The molecule has 0 rings (SSSR count). The minimum Gasteiger partial charge on any atom is -0.377 e. The Morgan fingerprint density at radius 2 is 2.19 bits per heavy atom. The fourth-order valence-corrected chi connectivity index (χ4v) is 1.06. The molecule has 0 aromatic carbocycles. The Labute approximate surface area is 104 Å². The molecule has 0 aromatic rings. The number of amides is 1. The molecule has 0 saturated heterocycles. The van der Waals surface area contributed by atoms with Crippen LogP contribution in [0.2, 0.25) is 0 Å². The van der Waals surface area contributed by atoms with Crippen LogP contribution in [0.3, 0.4) is 0 Å². The molecule has 0 spiro atoms. The van der Waals surface area contributed by atoms with Gasteiger partial charge >= 0.3 is 0 Å². The molecule has 0 heterocycles. The van der Waals surface area contributed by atoms with E-state index < -0.39 is 0 Å². The largest absolute Gasteiger partial charge is 0.377 e. The van der Waals surface area contributed by atoms with E-state index in [1.807, 2.05) is 6.92 Å². The number of carbonyl (C=O) groups excluding carboxylic acids is 1. The summed E-state index contributed by atoms with van der Waals surface area (Å²) in [5, 5.41) is 5.97. The summed E-state index contributed by atoms with van der Waals surface area (Å²) in [5.74, 6) is 0.0927. The van der Waals surface area contributed by atoms with Gasteiger partial charge in [0.05, 0.1) is 6.61 Å². The number of hydrogen-bond acceptors (Lipinski definition) is 3. The summed E-state index contributed by atoms with van der Waals surface area (Å²) >= 11 is 0. The summed E-state index contributed by atoms with van der Waals surface area (Å²) in [5.41, 5.74) is 0. The maximum Gasteiger partial charge on any atom is 0.220 e. The van der Waals surface area contributed by atoms with Gasteiger partial charge in [0.25, 0.3) is 0 Å². The quantitative estimate of drug-likeness (QED) is 0.451. The third-order valence-electron chi connectivity index (χ3n) is 1.80. The Balaban J connectivity index is 0. The summed E-state index contributed by atoms with van der Waals surface area (Å²) in [4.78, 5) is 11.2. The minimum atomic E-state index is 0. The number of carbonyl (C=O) groups is 1. The maximum absolute atomic E-state index is 11.2. The fraction of sp³-hybridized carbons (Fsp3) is 0.727. The van der Waals surface area contributed by atoms with Crippen LogP contribution in [0.5, 0.6) is 0 Å². The van der Waals surface area contributed by atoms with Gasteiger partial charge in [-0.15, -0.1) is 19.0 Å². The molecule has 0 atom stereocenters. The van der Waals surface area contributed by atoms with E-state index in [0.29, 0.717) is 26.2 Å². The van der Waals surface area contributed by atoms with E-state index in [-0.39, 0.29) is 18.3 Å². The van der Waals surface area contributed by atoms with Gasteiger partial charge in [-0.05, 0) is 13.0 Å². The van der Waals surface area contributed by atoms with E-state index in [1.54, 1.807) is 6.08 Å². The molecule has 0 aliphatic heterocycles. The van der Waals surface area contributed by atoms with Gasteiger partial charge in [0.2, 0.25) is 5.91 Å². The van der Waals surface area contributed by atoms with Crippen molar-refractivity contribution in [3.8, 4) is 0 Å². The van der Waals surface area contributed by atoms with Gasteiger partial charge in [-0.3, -0.25) is 4.79 Å². The average molecular weight is 251 g/mol. The standard InChI is InChI=1S/C11H22N2O2.ClH/c1-3-9-15-10-5-6-11(14)13-8-7-12-4-2;/h3,12H,1,4-10H2,2H3,(H,13,14);1H. The van der Waals surface area contributed by atoms with Crippen molar-refractivity contribution in [2.24, 2.45) is 0 Å². The van der Waals surface area contributed by atoms with Crippen LogP contribution in [0.25, 0.3) is 0 Å². The monoisotopic (exact) mass is 250 g/mol. The van der Waals surface area contributed by atoms with E-state index in [4.69, 9.17) is 4.74 Å². The lowest BCUT2D eigenvalue weighted by molar-refractivity contribution is -0.121. The van der Waals surface area contributed by atoms with E-state index in [9.17, 15) is 4.79 Å². The molecule has 1 amide bonds. The molecule has 0 unspecified atom stereocenters. The molecule has 0 aliphatic rings. The Bertz CT molecular complexity index is 177. The van der Waals surface area contributed by atoms with Crippen LogP contribution in [0, 0.1) is 0 Å². The molecule has 5 heteroatoms. The maximum atomic E-state index is 11.2. The summed E-state index contributed by atoms with van der Waals surface area (Å²) in [7, 11) is 0. The number of likely N-dealkylation sites (N-methyl/N-ethyl adjacent to an activating group) is 1. The lowest BCUT2D eigenvalue weighted by atomic mass is 10.3. The highest BCUT2D eigenvalue weighted by atomic mass is 35.5. The smallest absolute Gasteiger partial charge is 0.220 e. The zero-order chi connectivity index (χ0) is 11.4. The molecule has 16 heavy (non-hydrogen) atoms. The molecular formula is C11H23ClN2O2. The molecule has 0 bridgehead atoms. The number of ether oxygens (including phenoxy) is 1. The second-order valence-electron chi connectivity index (χ2n) is 3.17. The Morgan fingerprint density at radius 1 is 1.44 bits per heavy atom. The lowest BCUT2D eigenvalue weighted by Crippen LogP contribution is -2.31. The molecule has 0 aliphatic carbocycles. The highest BCUT2D eigenvalue weighted by molar-refractivity contribution is 5.85. The molecule has 0 fully saturated rings. The van der Waals surface area contributed by atoms with Crippen molar-refractivity contribution in [2.45, 2.75) is 19.8 Å². The van der Waals surface area contributed by atoms with Gasteiger partial charge in [0, 0.05) is 26.1 Å². The normalized spacial score (nSPS) is 9.31. The van der Waals surface area contributed by atoms with Crippen molar-refractivity contribution in [3.05, 3.63) is 12.7 Å². The molecular weight excluding hydrogens is 228 g/mol. The molecule has 0 aromatic heterocycles. The van der Waals surface area contributed by atoms with Crippen LogP contribution in [0.15, 0.2) is 12.7 Å². The highest BCUT2D eigenvalue weighted by Gasteiger charge is 1.99. The van der Waals surface area contributed by atoms with Crippen molar-refractivity contribution < 1.29 is 9.53 Å². The van der Waals surface area contributed by atoms with Gasteiger partial charge in [-0.25, -0.2) is 0 Å². The third-order valence-corrected chi connectivity index (χ3v) is 1.80. The number of rotatable bonds is 10.